The molecule has 1 aromatic heterocycles. The zero-order valence-corrected chi connectivity index (χ0v) is 19.3. The van der Waals surface area contributed by atoms with E-state index in [1.165, 1.54) is 24.3 Å². The number of carboxylic acids is 1. The SMILES string of the molecule is CC(O)C(N)C(=O)N1CCCC1C(=O)NC(Cc1cnc[nH]1)C(=O)NC(CCCCN)C(=O)O. The number of nitrogens with two attached hydrogens (primary N) is 2. The largest absolute Gasteiger partial charge is 0.480 e. The minimum absolute atomic E-state index is 0.0422. The Morgan fingerprint density at radius 2 is 2.00 bits per heavy atom. The highest BCUT2D eigenvalue weighted by molar-refractivity contribution is 5.94. The van der Waals surface area contributed by atoms with Crippen LogP contribution in [0.25, 0.3) is 0 Å². The molecule has 0 spiro atoms. The molecule has 5 unspecified atom stereocenters. The van der Waals surface area contributed by atoms with Gasteiger partial charge in [0.2, 0.25) is 17.7 Å². The molecule has 5 atom stereocenters. The van der Waals surface area contributed by atoms with Crippen LogP contribution < -0.4 is 22.1 Å². The average Bonchev–Trinajstić information content (AvgIpc) is 3.48. The standard InChI is InChI=1S/C21H35N7O6/c1-12(29)17(23)20(32)28-8-4-6-16(28)19(31)27-15(9-13-10-24-11-25-13)18(30)26-14(21(33)34)5-2-3-7-22/h10-12,14-17,29H,2-9,22-23H2,1H3,(H,24,25)(H,26,30)(H,27,31)(H,33,34). The topological polar surface area (TPSA) is 217 Å². The van der Waals surface area contributed by atoms with Crippen LogP contribution in [0, 0.1) is 0 Å². The van der Waals surface area contributed by atoms with Crippen LogP contribution in [-0.4, -0.2) is 92.1 Å². The van der Waals surface area contributed by atoms with Crippen molar-refractivity contribution in [3.05, 3.63) is 18.2 Å². The van der Waals surface area contributed by atoms with E-state index in [-0.39, 0.29) is 12.8 Å². The summed E-state index contributed by atoms with van der Waals surface area (Å²) < 4.78 is 0. The van der Waals surface area contributed by atoms with Crippen molar-refractivity contribution in [3.63, 3.8) is 0 Å². The van der Waals surface area contributed by atoms with Crippen LogP contribution in [0.3, 0.4) is 0 Å². The van der Waals surface area contributed by atoms with Crippen molar-refractivity contribution in [1.82, 2.24) is 25.5 Å². The van der Waals surface area contributed by atoms with Crippen molar-refractivity contribution in [2.24, 2.45) is 11.5 Å². The van der Waals surface area contributed by atoms with E-state index in [0.717, 1.165) is 0 Å². The predicted octanol–water partition coefficient (Wildman–Crippen LogP) is -2.17. The number of imidazole rings is 1. The molecule has 0 bridgehead atoms. The smallest absolute Gasteiger partial charge is 0.326 e. The number of carbonyl (C=O) groups excluding carboxylic acids is 3. The molecule has 2 rings (SSSR count). The molecule has 0 saturated carbocycles. The van der Waals surface area contributed by atoms with Gasteiger partial charge in [0.1, 0.15) is 24.2 Å². The summed E-state index contributed by atoms with van der Waals surface area (Å²) in [4.78, 5) is 58.4. The van der Waals surface area contributed by atoms with Crippen LogP contribution >= 0.6 is 0 Å². The fraction of sp³-hybridized carbons (Fsp3) is 0.667. The first-order valence-electron chi connectivity index (χ1n) is 11.4. The summed E-state index contributed by atoms with van der Waals surface area (Å²) in [5.74, 6) is -2.96. The van der Waals surface area contributed by atoms with Gasteiger partial charge in [0.15, 0.2) is 0 Å². The number of H-pyrrole nitrogens is 1. The lowest BCUT2D eigenvalue weighted by Crippen LogP contribution is -2.58. The highest BCUT2D eigenvalue weighted by Gasteiger charge is 2.38. The molecule has 3 amide bonds. The Morgan fingerprint density at radius 3 is 2.59 bits per heavy atom. The summed E-state index contributed by atoms with van der Waals surface area (Å²) >= 11 is 0. The first-order chi connectivity index (χ1) is 16.1. The number of unbranched alkanes of at least 4 members (excludes halogenated alkanes) is 1. The van der Waals surface area contributed by atoms with Crippen molar-refractivity contribution in [3.8, 4) is 0 Å². The number of aromatic amines is 1. The normalized spacial score (nSPS) is 19.2. The maximum Gasteiger partial charge on any atom is 0.326 e. The molecule has 9 N–H and O–H groups in total. The molecule has 190 valence electrons. The first-order valence-corrected chi connectivity index (χ1v) is 11.4. The summed E-state index contributed by atoms with van der Waals surface area (Å²) in [5, 5.41) is 24.3. The number of rotatable bonds is 13. The van der Waals surface area contributed by atoms with E-state index in [2.05, 4.69) is 20.6 Å². The van der Waals surface area contributed by atoms with Gasteiger partial charge in [-0.1, -0.05) is 0 Å². The van der Waals surface area contributed by atoms with Crippen LogP contribution in [-0.2, 0) is 25.6 Å². The Kier molecular flexibility index (Phi) is 10.4. The van der Waals surface area contributed by atoms with Gasteiger partial charge in [0.25, 0.3) is 0 Å². The number of aliphatic carboxylic acids is 1. The van der Waals surface area contributed by atoms with Gasteiger partial charge in [0.05, 0.1) is 12.4 Å². The fourth-order valence-electron chi connectivity index (χ4n) is 3.82. The zero-order chi connectivity index (χ0) is 25.3. The molecular formula is C21H35N7O6. The molecule has 1 saturated heterocycles. The molecule has 13 heteroatoms. The summed E-state index contributed by atoms with van der Waals surface area (Å²) in [5.41, 5.74) is 11.8. The second kappa shape index (κ2) is 13.0. The maximum absolute atomic E-state index is 13.1. The summed E-state index contributed by atoms with van der Waals surface area (Å²) in [7, 11) is 0. The molecule has 1 aliphatic heterocycles. The fourth-order valence-corrected chi connectivity index (χ4v) is 3.82. The lowest BCUT2D eigenvalue weighted by Gasteiger charge is -2.29. The van der Waals surface area contributed by atoms with Gasteiger partial charge in [-0.05, 0) is 45.6 Å². The molecule has 0 aliphatic carbocycles. The molecule has 1 fully saturated rings. The number of nitrogens with one attached hydrogen (secondary N) is 3. The minimum Gasteiger partial charge on any atom is -0.480 e. The highest BCUT2D eigenvalue weighted by Crippen LogP contribution is 2.19. The molecule has 34 heavy (non-hydrogen) atoms. The number of carbonyl (C=O) groups is 4. The third kappa shape index (κ3) is 7.50. The van der Waals surface area contributed by atoms with Gasteiger partial charge in [-0.25, -0.2) is 9.78 Å². The van der Waals surface area contributed by atoms with Gasteiger partial charge in [-0.15, -0.1) is 0 Å². The number of aliphatic hydroxyl groups is 1. The van der Waals surface area contributed by atoms with E-state index in [4.69, 9.17) is 11.5 Å². The van der Waals surface area contributed by atoms with Crippen LogP contribution in [0.15, 0.2) is 12.5 Å². The number of aromatic nitrogens is 2. The Bertz CT molecular complexity index is 832. The minimum atomic E-state index is -1.18. The Hall–Kier alpha value is -3.03. The van der Waals surface area contributed by atoms with Gasteiger partial charge in [0, 0.05) is 24.9 Å². The molecule has 13 nitrogen and oxygen atoms in total. The van der Waals surface area contributed by atoms with Crippen LogP contribution in [0.5, 0.6) is 0 Å². The van der Waals surface area contributed by atoms with E-state index in [1.54, 1.807) is 0 Å². The van der Waals surface area contributed by atoms with E-state index in [0.29, 0.717) is 44.5 Å². The number of hydrogen-bond acceptors (Lipinski definition) is 8. The van der Waals surface area contributed by atoms with Gasteiger partial charge in [-0.2, -0.15) is 0 Å². The van der Waals surface area contributed by atoms with Gasteiger partial charge < -0.3 is 42.2 Å². The number of carboxylic acid groups (broad SMARTS) is 1. The summed E-state index contributed by atoms with van der Waals surface area (Å²) in [6.07, 6.45) is 4.16. The molecule has 1 aromatic rings. The van der Waals surface area contributed by atoms with E-state index in [1.807, 2.05) is 0 Å². The molecule has 0 aromatic carbocycles. The van der Waals surface area contributed by atoms with E-state index >= 15 is 0 Å². The molecular weight excluding hydrogens is 446 g/mol. The first kappa shape index (κ1) is 27.2. The second-order valence-electron chi connectivity index (χ2n) is 8.48. The Morgan fingerprint density at radius 1 is 1.26 bits per heavy atom. The van der Waals surface area contributed by atoms with Gasteiger partial charge >= 0.3 is 5.97 Å². The molecule has 2 heterocycles. The number of amides is 3. The summed E-state index contributed by atoms with van der Waals surface area (Å²) in [6.45, 7) is 2.11. The van der Waals surface area contributed by atoms with E-state index < -0.39 is 54.0 Å². The van der Waals surface area contributed by atoms with Crippen molar-refractivity contribution in [2.45, 2.75) is 75.7 Å². The lowest BCUT2D eigenvalue weighted by atomic mass is 10.1. The number of likely N-dealkylation sites (tertiary alicyclic amines) is 1. The van der Waals surface area contributed by atoms with Crippen molar-refractivity contribution in [2.75, 3.05) is 13.1 Å². The van der Waals surface area contributed by atoms with Crippen molar-refractivity contribution >= 4 is 23.7 Å². The van der Waals surface area contributed by atoms with Gasteiger partial charge in [-0.3, -0.25) is 14.4 Å². The molecule has 0 radical (unpaired) electrons. The van der Waals surface area contributed by atoms with E-state index in [9.17, 15) is 29.4 Å². The zero-order valence-electron chi connectivity index (χ0n) is 19.3. The van der Waals surface area contributed by atoms with Crippen molar-refractivity contribution < 1.29 is 29.4 Å². The maximum atomic E-state index is 13.1. The number of hydrogen-bond donors (Lipinski definition) is 7. The van der Waals surface area contributed by atoms with Crippen LogP contribution in [0.4, 0.5) is 0 Å². The quantitative estimate of drug-likeness (QED) is 0.152. The van der Waals surface area contributed by atoms with Crippen LogP contribution in [0.2, 0.25) is 0 Å². The highest BCUT2D eigenvalue weighted by atomic mass is 16.4. The Labute approximate surface area is 197 Å². The number of aliphatic hydroxyl groups excluding tert-OH is 1. The average molecular weight is 482 g/mol. The Balaban J connectivity index is 2.13. The third-order valence-corrected chi connectivity index (χ3v) is 5.82. The second-order valence-corrected chi connectivity index (χ2v) is 8.48. The monoisotopic (exact) mass is 481 g/mol. The lowest BCUT2D eigenvalue weighted by molar-refractivity contribution is -0.143. The van der Waals surface area contributed by atoms with Crippen LogP contribution in [0.1, 0.15) is 44.7 Å². The predicted molar refractivity (Wildman–Crippen MR) is 121 cm³/mol. The summed E-state index contributed by atoms with van der Waals surface area (Å²) in [6, 6.07) is -4.25. The van der Waals surface area contributed by atoms with Crippen molar-refractivity contribution in [1.29, 1.82) is 0 Å². The molecule has 1 aliphatic rings. The third-order valence-electron chi connectivity index (χ3n) is 5.82. The number of nitrogens with zero attached hydrogens (tertiary/aromatic N) is 2.